The van der Waals surface area contributed by atoms with E-state index in [-0.39, 0.29) is 5.25 Å². The van der Waals surface area contributed by atoms with Crippen molar-refractivity contribution in [3.05, 3.63) is 29.8 Å². The van der Waals surface area contributed by atoms with Crippen molar-refractivity contribution < 1.29 is 4.21 Å². The summed E-state index contributed by atoms with van der Waals surface area (Å²) in [7, 11) is -0.961. The molecule has 0 radical (unpaired) electrons. The molecule has 2 nitrogen and oxygen atoms in total. The quantitative estimate of drug-likeness (QED) is 0.797. The van der Waals surface area contributed by atoms with Gasteiger partial charge in [0, 0.05) is 16.7 Å². The molecule has 2 atom stereocenters. The van der Waals surface area contributed by atoms with Crippen LogP contribution in [0.15, 0.2) is 29.2 Å². The van der Waals surface area contributed by atoms with Crippen molar-refractivity contribution in [2.75, 3.05) is 6.54 Å². The molecule has 0 aliphatic carbocycles. The Kier molecular flexibility index (Phi) is 3.63. The van der Waals surface area contributed by atoms with Crippen molar-refractivity contribution in [3.63, 3.8) is 0 Å². The molecule has 13 heavy (non-hydrogen) atoms. The number of benzene rings is 1. The lowest BCUT2D eigenvalue weighted by molar-refractivity contribution is 0.673. The van der Waals surface area contributed by atoms with Crippen molar-refractivity contribution >= 4 is 10.8 Å². The Morgan fingerprint density at radius 2 is 1.92 bits per heavy atom. The number of nitrogens with two attached hydrogens (primary N) is 1. The van der Waals surface area contributed by atoms with Crippen LogP contribution < -0.4 is 5.73 Å². The molecule has 1 aromatic rings. The Balaban J connectivity index is 2.83. The largest absolute Gasteiger partial charge is 0.329 e. The van der Waals surface area contributed by atoms with Crippen LogP contribution in [-0.2, 0) is 10.8 Å². The van der Waals surface area contributed by atoms with Crippen molar-refractivity contribution in [2.45, 2.75) is 24.0 Å². The number of rotatable bonds is 3. The number of aryl methyl sites for hydroxylation is 1. The summed E-state index contributed by atoms with van der Waals surface area (Å²) in [6, 6.07) is 7.74. The Morgan fingerprint density at radius 3 is 2.38 bits per heavy atom. The fraction of sp³-hybridized carbons (Fsp3) is 0.400. The molecule has 0 aromatic heterocycles. The van der Waals surface area contributed by atoms with Gasteiger partial charge in [-0.1, -0.05) is 17.7 Å². The molecule has 1 rings (SSSR count). The average molecular weight is 197 g/mol. The third-order valence-corrected chi connectivity index (χ3v) is 3.61. The van der Waals surface area contributed by atoms with Gasteiger partial charge in [-0.25, -0.2) is 0 Å². The van der Waals surface area contributed by atoms with E-state index in [1.807, 2.05) is 38.1 Å². The van der Waals surface area contributed by atoms with Gasteiger partial charge in [0.15, 0.2) is 0 Å². The van der Waals surface area contributed by atoms with Crippen LogP contribution in [0.25, 0.3) is 0 Å². The average Bonchev–Trinajstić information content (AvgIpc) is 2.17. The van der Waals surface area contributed by atoms with Crippen molar-refractivity contribution in [2.24, 2.45) is 5.73 Å². The maximum absolute atomic E-state index is 11.7. The molecule has 0 aliphatic heterocycles. The van der Waals surface area contributed by atoms with Gasteiger partial charge in [-0.15, -0.1) is 0 Å². The summed E-state index contributed by atoms with van der Waals surface area (Å²) in [5, 5.41) is 0.0303. The molecule has 1 aromatic carbocycles. The number of hydrogen-bond donors (Lipinski definition) is 1. The predicted octanol–water partition coefficient (Wildman–Crippen LogP) is 1.45. The molecule has 0 amide bonds. The topological polar surface area (TPSA) is 43.1 Å². The van der Waals surface area contributed by atoms with Gasteiger partial charge in [-0.2, -0.15) is 0 Å². The third-order valence-electron chi connectivity index (χ3n) is 1.95. The van der Waals surface area contributed by atoms with Gasteiger partial charge >= 0.3 is 0 Å². The van der Waals surface area contributed by atoms with E-state index < -0.39 is 10.8 Å². The first-order chi connectivity index (χ1) is 6.15. The molecule has 0 fully saturated rings. The number of hydrogen-bond acceptors (Lipinski definition) is 2. The molecule has 0 bridgehead atoms. The second-order valence-electron chi connectivity index (χ2n) is 3.16. The SMILES string of the molecule is Cc1ccc(S(=O)C(C)CN)cc1. The van der Waals surface area contributed by atoms with E-state index in [0.29, 0.717) is 6.54 Å². The molecule has 0 saturated heterocycles. The van der Waals surface area contributed by atoms with Gasteiger partial charge in [0.25, 0.3) is 0 Å². The highest BCUT2D eigenvalue weighted by Crippen LogP contribution is 2.11. The van der Waals surface area contributed by atoms with Gasteiger partial charge in [0.2, 0.25) is 0 Å². The van der Waals surface area contributed by atoms with Gasteiger partial charge < -0.3 is 5.73 Å². The Bertz CT molecular complexity index is 294. The normalized spacial score (nSPS) is 15.3. The maximum Gasteiger partial charge on any atom is 0.0570 e. The first-order valence-electron chi connectivity index (χ1n) is 4.32. The van der Waals surface area contributed by atoms with Crippen LogP contribution in [0.3, 0.4) is 0 Å². The summed E-state index contributed by atoms with van der Waals surface area (Å²) >= 11 is 0. The summed E-state index contributed by atoms with van der Waals surface area (Å²) in [5.41, 5.74) is 6.63. The molecule has 2 unspecified atom stereocenters. The van der Waals surface area contributed by atoms with E-state index in [1.54, 1.807) is 0 Å². The molecule has 0 heterocycles. The molecule has 0 saturated carbocycles. The van der Waals surface area contributed by atoms with Crippen LogP contribution in [0.1, 0.15) is 12.5 Å². The minimum Gasteiger partial charge on any atom is -0.329 e. The van der Waals surface area contributed by atoms with Crippen LogP contribution >= 0.6 is 0 Å². The summed E-state index contributed by atoms with van der Waals surface area (Å²) in [5.74, 6) is 0. The summed E-state index contributed by atoms with van der Waals surface area (Å²) in [6.45, 7) is 4.37. The molecule has 2 N–H and O–H groups in total. The van der Waals surface area contributed by atoms with Gasteiger partial charge in [-0.05, 0) is 26.0 Å². The molecule has 3 heteroatoms. The minimum absolute atomic E-state index is 0.0303. The Labute approximate surface area is 81.6 Å². The van der Waals surface area contributed by atoms with Crippen LogP contribution in [-0.4, -0.2) is 16.0 Å². The predicted molar refractivity (Wildman–Crippen MR) is 56.1 cm³/mol. The smallest absolute Gasteiger partial charge is 0.0570 e. The second kappa shape index (κ2) is 4.53. The van der Waals surface area contributed by atoms with E-state index in [0.717, 1.165) is 4.90 Å². The fourth-order valence-electron chi connectivity index (χ4n) is 0.992. The zero-order chi connectivity index (χ0) is 9.84. The summed E-state index contributed by atoms with van der Waals surface area (Å²) in [6.07, 6.45) is 0. The molecule has 72 valence electrons. The van der Waals surface area contributed by atoms with Crippen molar-refractivity contribution in [3.8, 4) is 0 Å². The highest BCUT2D eigenvalue weighted by molar-refractivity contribution is 7.85. The highest BCUT2D eigenvalue weighted by Gasteiger charge is 2.10. The van der Waals surface area contributed by atoms with E-state index in [4.69, 9.17) is 5.73 Å². The lowest BCUT2D eigenvalue weighted by atomic mass is 10.2. The molecular formula is C10H15NOS. The van der Waals surface area contributed by atoms with E-state index in [2.05, 4.69) is 0 Å². The second-order valence-corrected chi connectivity index (χ2v) is 5.03. The lowest BCUT2D eigenvalue weighted by Gasteiger charge is -2.08. The molecule has 0 spiro atoms. The van der Waals surface area contributed by atoms with Crippen molar-refractivity contribution in [1.82, 2.24) is 0 Å². The van der Waals surface area contributed by atoms with Gasteiger partial charge in [0.1, 0.15) is 0 Å². The Morgan fingerprint density at radius 1 is 1.38 bits per heavy atom. The highest BCUT2D eigenvalue weighted by atomic mass is 32.2. The fourth-order valence-corrected chi connectivity index (χ4v) is 2.04. The van der Waals surface area contributed by atoms with Gasteiger partial charge in [0.05, 0.1) is 10.8 Å². The molecule has 0 aliphatic rings. The standard InChI is InChI=1S/C10H15NOS/c1-8-3-5-10(6-4-8)13(12)9(2)7-11/h3-6,9H,7,11H2,1-2H3. The first kappa shape index (κ1) is 10.4. The van der Waals surface area contributed by atoms with Gasteiger partial charge in [-0.3, -0.25) is 4.21 Å². The first-order valence-corrected chi connectivity index (χ1v) is 5.53. The zero-order valence-corrected chi connectivity index (χ0v) is 8.80. The Hall–Kier alpha value is -0.670. The van der Waals surface area contributed by atoms with Crippen LogP contribution in [0.2, 0.25) is 0 Å². The third kappa shape index (κ3) is 2.64. The zero-order valence-electron chi connectivity index (χ0n) is 7.99. The monoisotopic (exact) mass is 197 g/mol. The minimum atomic E-state index is -0.961. The van der Waals surface area contributed by atoms with Crippen LogP contribution in [0, 0.1) is 6.92 Å². The summed E-state index contributed by atoms with van der Waals surface area (Å²) < 4.78 is 11.7. The summed E-state index contributed by atoms with van der Waals surface area (Å²) in [4.78, 5) is 0.864. The van der Waals surface area contributed by atoms with E-state index in [1.165, 1.54) is 5.56 Å². The maximum atomic E-state index is 11.7. The van der Waals surface area contributed by atoms with Crippen LogP contribution in [0.4, 0.5) is 0 Å². The van der Waals surface area contributed by atoms with E-state index >= 15 is 0 Å². The van der Waals surface area contributed by atoms with Crippen LogP contribution in [0.5, 0.6) is 0 Å². The molecular weight excluding hydrogens is 182 g/mol. The van der Waals surface area contributed by atoms with Crippen molar-refractivity contribution in [1.29, 1.82) is 0 Å². The lowest BCUT2D eigenvalue weighted by Crippen LogP contribution is -2.21. The van der Waals surface area contributed by atoms with E-state index in [9.17, 15) is 4.21 Å².